The van der Waals surface area contributed by atoms with Crippen LogP contribution in [0.3, 0.4) is 0 Å². The fourth-order valence-corrected chi connectivity index (χ4v) is 2.59. The Labute approximate surface area is 154 Å². The van der Waals surface area contributed by atoms with Gasteiger partial charge in [0.15, 0.2) is 0 Å². The maximum atomic E-state index is 8.86. The second-order valence-electron chi connectivity index (χ2n) is 5.98. The summed E-state index contributed by atoms with van der Waals surface area (Å²) in [4.78, 5) is 0. The Morgan fingerprint density at radius 1 is 0.846 bits per heavy atom. The summed E-state index contributed by atoms with van der Waals surface area (Å²) < 4.78 is 11.3. The van der Waals surface area contributed by atoms with Crippen molar-refractivity contribution >= 4 is 11.4 Å². The van der Waals surface area contributed by atoms with Crippen LogP contribution in [0.4, 0.5) is 11.4 Å². The number of rotatable bonds is 8. The van der Waals surface area contributed by atoms with Gasteiger partial charge in [-0.15, -0.1) is 0 Å². The minimum atomic E-state index is 0.00120. The van der Waals surface area contributed by atoms with Crippen LogP contribution >= 0.6 is 0 Å². The lowest BCUT2D eigenvalue weighted by Gasteiger charge is -2.13. The van der Waals surface area contributed by atoms with E-state index >= 15 is 0 Å². The first-order chi connectivity index (χ1) is 12.7. The fourth-order valence-electron chi connectivity index (χ4n) is 2.59. The number of aliphatic hydroxyl groups excluding tert-OH is 1. The zero-order valence-electron chi connectivity index (χ0n) is 14.8. The monoisotopic (exact) mass is 349 g/mol. The van der Waals surface area contributed by atoms with Gasteiger partial charge in [0.2, 0.25) is 0 Å². The number of ether oxygens (including phenoxy) is 2. The molecule has 4 heteroatoms. The number of aryl methyl sites for hydroxylation is 1. The van der Waals surface area contributed by atoms with Crippen LogP contribution in [0.15, 0.2) is 72.8 Å². The van der Waals surface area contributed by atoms with Crippen LogP contribution in [0.2, 0.25) is 0 Å². The summed E-state index contributed by atoms with van der Waals surface area (Å²) in [6, 6.07) is 23.8. The van der Waals surface area contributed by atoms with E-state index in [1.807, 2.05) is 67.6 Å². The van der Waals surface area contributed by atoms with Gasteiger partial charge in [-0.05, 0) is 48.4 Å². The van der Waals surface area contributed by atoms with Crippen LogP contribution in [0.1, 0.15) is 11.1 Å². The first-order valence-corrected chi connectivity index (χ1v) is 8.63. The highest BCUT2D eigenvalue weighted by Gasteiger charge is 2.04. The molecule has 0 aliphatic carbocycles. The van der Waals surface area contributed by atoms with Crippen molar-refractivity contribution in [3.05, 3.63) is 83.9 Å². The molecule has 0 radical (unpaired) electrons. The van der Waals surface area contributed by atoms with Crippen molar-refractivity contribution < 1.29 is 14.6 Å². The van der Waals surface area contributed by atoms with E-state index in [1.165, 1.54) is 0 Å². The predicted octanol–water partition coefficient (Wildman–Crippen LogP) is 4.69. The van der Waals surface area contributed by atoms with E-state index < -0.39 is 0 Å². The summed E-state index contributed by atoms with van der Waals surface area (Å²) in [5.41, 5.74) is 4.18. The Kier molecular flexibility index (Phi) is 6.12. The highest BCUT2D eigenvalue weighted by Crippen LogP contribution is 2.27. The van der Waals surface area contributed by atoms with Crippen molar-refractivity contribution in [1.82, 2.24) is 0 Å². The van der Waals surface area contributed by atoms with Crippen molar-refractivity contribution in [1.29, 1.82) is 0 Å². The molecule has 3 rings (SSSR count). The maximum Gasteiger partial charge on any atom is 0.121 e. The lowest BCUT2D eigenvalue weighted by atomic mass is 10.1. The molecule has 0 fully saturated rings. The average Bonchev–Trinajstić information content (AvgIpc) is 2.68. The zero-order chi connectivity index (χ0) is 18.2. The Morgan fingerprint density at radius 3 is 2.42 bits per heavy atom. The molecule has 0 aliphatic rings. The molecule has 0 aromatic heterocycles. The number of benzene rings is 3. The molecule has 26 heavy (non-hydrogen) atoms. The van der Waals surface area contributed by atoms with E-state index in [4.69, 9.17) is 14.6 Å². The van der Waals surface area contributed by atoms with E-state index in [9.17, 15) is 0 Å². The molecule has 0 saturated carbocycles. The van der Waals surface area contributed by atoms with Gasteiger partial charge in [0, 0.05) is 17.4 Å². The second kappa shape index (κ2) is 8.92. The summed E-state index contributed by atoms with van der Waals surface area (Å²) in [7, 11) is 0. The summed E-state index contributed by atoms with van der Waals surface area (Å²) in [6.45, 7) is 2.89. The van der Waals surface area contributed by atoms with Crippen LogP contribution in [0.25, 0.3) is 0 Å². The molecule has 3 aromatic carbocycles. The molecular formula is C22H23NO3. The van der Waals surface area contributed by atoms with E-state index in [-0.39, 0.29) is 13.2 Å². The van der Waals surface area contributed by atoms with Gasteiger partial charge in [-0.25, -0.2) is 0 Å². The molecule has 0 atom stereocenters. The van der Waals surface area contributed by atoms with E-state index in [2.05, 4.69) is 17.4 Å². The molecule has 0 saturated heterocycles. The normalized spacial score (nSPS) is 10.4. The predicted molar refractivity (Wildman–Crippen MR) is 104 cm³/mol. The maximum absolute atomic E-state index is 8.86. The first kappa shape index (κ1) is 17.8. The number of hydrogen-bond acceptors (Lipinski definition) is 4. The Hall–Kier alpha value is -2.98. The van der Waals surface area contributed by atoms with Gasteiger partial charge in [-0.1, -0.05) is 36.4 Å². The van der Waals surface area contributed by atoms with E-state index in [0.29, 0.717) is 6.61 Å². The van der Waals surface area contributed by atoms with E-state index in [1.54, 1.807) is 0 Å². The minimum Gasteiger partial charge on any atom is -0.491 e. The van der Waals surface area contributed by atoms with Crippen molar-refractivity contribution in [3.63, 3.8) is 0 Å². The molecule has 3 aromatic rings. The highest BCUT2D eigenvalue weighted by atomic mass is 16.5. The molecule has 134 valence electrons. The third kappa shape index (κ3) is 5.01. The average molecular weight is 349 g/mol. The molecule has 4 nitrogen and oxygen atoms in total. The largest absolute Gasteiger partial charge is 0.491 e. The Morgan fingerprint density at radius 2 is 1.65 bits per heavy atom. The standard InChI is InChI=1S/C22H23NO3/c1-17-14-21(26-16-18-6-3-2-4-7-18)10-11-22(17)23-19-8-5-9-20(15-19)25-13-12-24/h2-11,14-15,23-24H,12-13,16H2,1H3. The van der Waals surface area contributed by atoms with Crippen LogP contribution in [0, 0.1) is 6.92 Å². The van der Waals surface area contributed by atoms with Crippen LogP contribution in [-0.2, 0) is 6.61 Å². The quantitative estimate of drug-likeness (QED) is 0.619. The number of aliphatic hydroxyl groups is 1. The highest BCUT2D eigenvalue weighted by molar-refractivity contribution is 5.65. The van der Waals surface area contributed by atoms with Gasteiger partial charge in [0.1, 0.15) is 24.7 Å². The minimum absolute atomic E-state index is 0.00120. The third-order valence-corrected chi connectivity index (χ3v) is 3.92. The van der Waals surface area contributed by atoms with Gasteiger partial charge >= 0.3 is 0 Å². The molecule has 0 unspecified atom stereocenters. The van der Waals surface area contributed by atoms with Gasteiger partial charge in [0.05, 0.1) is 6.61 Å². The Balaban J connectivity index is 1.64. The molecule has 0 bridgehead atoms. The van der Waals surface area contributed by atoms with Gasteiger partial charge in [-0.3, -0.25) is 0 Å². The number of nitrogens with one attached hydrogen (secondary N) is 1. The molecule has 0 amide bonds. The van der Waals surface area contributed by atoms with Gasteiger partial charge < -0.3 is 19.9 Å². The van der Waals surface area contributed by atoms with Crippen LogP contribution in [0.5, 0.6) is 11.5 Å². The Bertz CT molecular complexity index is 834. The lowest BCUT2D eigenvalue weighted by Crippen LogP contribution is -2.02. The SMILES string of the molecule is Cc1cc(OCc2ccccc2)ccc1Nc1cccc(OCCO)c1. The number of anilines is 2. The van der Waals surface area contributed by atoms with Crippen molar-refractivity contribution in [2.75, 3.05) is 18.5 Å². The summed E-state index contributed by atoms with van der Waals surface area (Å²) in [5, 5.41) is 12.3. The summed E-state index contributed by atoms with van der Waals surface area (Å²) >= 11 is 0. The summed E-state index contributed by atoms with van der Waals surface area (Å²) in [5.74, 6) is 1.57. The molecule has 2 N–H and O–H groups in total. The van der Waals surface area contributed by atoms with Crippen molar-refractivity contribution in [3.8, 4) is 11.5 Å². The lowest BCUT2D eigenvalue weighted by molar-refractivity contribution is 0.201. The molecule has 0 heterocycles. The number of hydrogen-bond donors (Lipinski definition) is 2. The van der Waals surface area contributed by atoms with E-state index in [0.717, 1.165) is 34.0 Å². The van der Waals surface area contributed by atoms with Crippen molar-refractivity contribution in [2.24, 2.45) is 0 Å². The van der Waals surface area contributed by atoms with Crippen LogP contribution < -0.4 is 14.8 Å². The first-order valence-electron chi connectivity index (χ1n) is 8.63. The fraction of sp³-hybridized carbons (Fsp3) is 0.182. The topological polar surface area (TPSA) is 50.7 Å². The van der Waals surface area contributed by atoms with Gasteiger partial charge in [-0.2, -0.15) is 0 Å². The van der Waals surface area contributed by atoms with Crippen LogP contribution in [-0.4, -0.2) is 18.3 Å². The third-order valence-electron chi connectivity index (χ3n) is 3.92. The molecule has 0 spiro atoms. The smallest absolute Gasteiger partial charge is 0.121 e. The second-order valence-corrected chi connectivity index (χ2v) is 5.98. The summed E-state index contributed by atoms with van der Waals surface area (Å²) in [6.07, 6.45) is 0. The molecule has 0 aliphatic heterocycles. The van der Waals surface area contributed by atoms with Crippen molar-refractivity contribution in [2.45, 2.75) is 13.5 Å². The van der Waals surface area contributed by atoms with Gasteiger partial charge in [0.25, 0.3) is 0 Å². The zero-order valence-corrected chi connectivity index (χ0v) is 14.8. The molecular weight excluding hydrogens is 326 g/mol.